The van der Waals surface area contributed by atoms with E-state index in [1.54, 1.807) is 12.3 Å². The Bertz CT molecular complexity index is 557. The second-order valence-corrected chi connectivity index (χ2v) is 4.97. The van der Waals surface area contributed by atoms with Crippen LogP contribution in [0, 0.1) is 11.6 Å². The van der Waals surface area contributed by atoms with Gasteiger partial charge in [-0.15, -0.1) is 11.6 Å². The minimum atomic E-state index is -0.829. The van der Waals surface area contributed by atoms with Gasteiger partial charge in [-0.1, -0.05) is 17.8 Å². The van der Waals surface area contributed by atoms with Crippen molar-refractivity contribution in [3.05, 3.63) is 47.3 Å². The van der Waals surface area contributed by atoms with Crippen molar-refractivity contribution in [1.82, 2.24) is 9.55 Å². The van der Waals surface area contributed by atoms with Crippen molar-refractivity contribution in [1.29, 1.82) is 0 Å². The van der Waals surface area contributed by atoms with Gasteiger partial charge in [0, 0.05) is 12.8 Å². The van der Waals surface area contributed by atoms with Crippen molar-refractivity contribution in [2.24, 2.45) is 7.05 Å². The van der Waals surface area contributed by atoms with Crippen LogP contribution in [-0.4, -0.2) is 9.55 Å². The van der Waals surface area contributed by atoms with Gasteiger partial charge in [-0.05, 0) is 17.7 Å². The van der Waals surface area contributed by atoms with Gasteiger partial charge < -0.3 is 4.57 Å². The average molecular weight is 289 g/mol. The summed E-state index contributed by atoms with van der Waals surface area (Å²) >= 11 is 7.19. The summed E-state index contributed by atoms with van der Waals surface area (Å²) in [7, 11) is 1.87. The Morgan fingerprint density at radius 3 is 2.72 bits per heavy atom. The average Bonchev–Trinajstić information content (AvgIpc) is 2.72. The fourth-order valence-corrected chi connectivity index (χ4v) is 2.62. The Morgan fingerprint density at radius 2 is 2.11 bits per heavy atom. The van der Waals surface area contributed by atoms with E-state index in [0.717, 1.165) is 16.9 Å². The molecule has 1 aromatic carbocycles. The van der Waals surface area contributed by atoms with E-state index in [0.29, 0.717) is 17.2 Å². The summed E-state index contributed by atoms with van der Waals surface area (Å²) in [6.07, 6.45) is 1.71. The van der Waals surface area contributed by atoms with Crippen LogP contribution in [0.15, 0.2) is 29.6 Å². The molecule has 0 atom stereocenters. The molecule has 0 unspecified atom stereocenters. The highest BCUT2D eigenvalue weighted by atomic mass is 35.5. The smallest absolute Gasteiger partial charge is 0.168 e. The Hall–Kier alpha value is -1.07. The molecular weight excluding hydrogens is 278 g/mol. The lowest BCUT2D eigenvalue weighted by Gasteiger charge is -2.04. The lowest BCUT2D eigenvalue weighted by atomic mass is 10.2. The molecule has 2 aromatic rings. The number of aromatic nitrogens is 2. The molecule has 0 saturated heterocycles. The number of alkyl halides is 1. The van der Waals surface area contributed by atoms with Crippen molar-refractivity contribution in [3.8, 4) is 0 Å². The number of nitrogens with zero attached hydrogens (tertiary/aromatic N) is 2. The molecule has 0 saturated carbocycles. The van der Waals surface area contributed by atoms with E-state index in [-0.39, 0.29) is 0 Å². The number of benzene rings is 1. The standard InChI is InChI=1S/C12H11ClF2N2S/c1-17-9(5-13)6-16-12(17)18-7-8-2-3-10(14)11(15)4-8/h2-4,6H,5,7H2,1H3. The summed E-state index contributed by atoms with van der Waals surface area (Å²) < 4.78 is 27.7. The molecule has 0 amide bonds. The first kappa shape index (κ1) is 13.4. The normalized spacial score (nSPS) is 10.9. The lowest BCUT2D eigenvalue weighted by Crippen LogP contribution is -1.96. The summed E-state index contributed by atoms with van der Waals surface area (Å²) in [6, 6.07) is 3.90. The second-order valence-electron chi connectivity index (χ2n) is 3.76. The maximum Gasteiger partial charge on any atom is 0.168 e. The van der Waals surface area contributed by atoms with Gasteiger partial charge in [-0.2, -0.15) is 0 Å². The van der Waals surface area contributed by atoms with Crippen molar-refractivity contribution in [2.45, 2.75) is 16.8 Å². The van der Waals surface area contributed by atoms with Crippen molar-refractivity contribution >= 4 is 23.4 Å². The first-order valence-electron chi connectivity index (χ1n) is 5.25. The number of imidazole rings is 1. The highest BCUT2D eigenvalue weighted by molar-refractivity contribution is 7.98. The monoisotopic (exact) mass is 288 g/mol. The minimum absolute atomic E-state index is 0.398. The predicted octanol–water partition coefficient (Wildman–Crippen LogP) is 3.73. The van der Waals surface area contributed by atoms with Gasteiger partial charge in [-0.25, -0.2) is 13.8 Å². The number of hydrogen-bond donors (Lipinski definition) is 0. The molecule has 96 valence electrons. The molecule has 0 radical (unpaired) electrons. The zero-order valence-corrected chi connectivity index (χ0v) is 11.2. The zero-order valence-electron chi connectivity index (χ0n) is 9.66. The fraction of sp³-hybridized carbons (Fsp3) is 0.250. The molecule has 6 heteroatoms. The molecular formula is C12H11ClF2N2S. The summed E-state index contributed by atoms with van der Waals surface area (Å²) in [6.45, 7) is 0. The number of hydrogen-bond acceptors (Lipinski definition) is 2. The van der Waals surface area contributed by atoms with E-state index < -0.39 is 11.6 Å². The van der Waals surface area contributed by atoms with Gasteiger partial charge in [0.2, 0.25) is 0 Å². The highest BCUT2D eigenvalue weighted by Crippen LogP contribution is 2.23. The Morgan fingerprint density at radius 1 is 1.33 bits per heavy atom. The maximum atomic E-state index is 13.0. The molecule has 0 spiro atoms. The summed E-state index contributed by atoms with van der Waals surface area (Å²) in [5, 5.41) is 0.801. The third kappa shape index (κ3) is 2.84. The third-order valence-corrected chi connectivity index (χ3v) is 3.92. The van der Waals surface area contributed by atoms with E-state index >= 15 is 0 Å². The summed E-state index contributed by atoms with van der Waals surface area (Å²) in [5.41, 5.74) is 1.64. The first-order chi connectivity index (χ1) is 8.61. The number of halogens is 3. The lowest BCUT2D eigenvalue weighted by molar-refractivity contribution is 0.507. The van der Waals surface area contributed by atoms with Crippen LogP contribution in [-0.2, 0) is 18.7 Å². The molecule has 0 aliphatic heterocycles. The Balaban J connectivity index is 2.06. The molecule has 0 bridgehead atoms. The summed E-state index contributed by atoms with van der Waals surface area (Å²) in [4.78, 5) is 4.22. The molecule has 18 heavy (non-hydrogen) atoms. The van der Waals surface area contributed by atoms with Gasteiger partial charge in [0.15, 0.2) is 16.8 Å². The van der Waals surface area contributed by atoms with Crippen LogP contribution in [0.2, 0.25) is 0 Å². The predicted molar refractivity (Wildman–Crippen MR) is 68.7 cm³/mol. The van der Waals surface area contributed by atoms with Gasteiger partial charge >= 0.3 is 0 Å². The van der Waals surface area contributed by atoms with E-state index in [4.69, 9.17) is 11.6 Å². The maximum absolute atomic E-state index is 13.0. The van der Waals surface area contributed by atoms with Crippen LogP contribution in [0.5, 0.6) is 0 Å². The highest BCUT2D eigenvalue weighted by Gasteiger charge is 2.08. The fourth-order valence-electron chi connectivity index (χ4n) is 1.46. The van der Waals surface area contributed by atoms with Crippen LogP contribution < -0.4 is 0 Å². The number of rotatable bonds is 4. The third-order valence-electron chi connectivity index (χ3n) is 2.53. The van der Waals surface area contributed by atoms with E-state index in [2.05, 4.69) is 4.98 Å². The largest absolute Gasteiger partial charge is 0.325 e. The molecule has 2 nitrogen and oxygen atoms in total. The zero-order chi connectivity index (χ0) is 13.1. The molecule has 1 heterocycles. The quantitative estimate of drug-likeness (QED) is 0.630. The number of thioether (sulfide) groups is 1. The van der Waals surface area contributed by atoms with Gasteiger partial charge in [-0.3, -0.25) is 0 Å². The molecule has 0 aliphatic rings. The molecule has 0 fully saturated rings. The van der Waals surface area contributed by atoms with Crippen LogP contribution in [0.4, 0.5) is 8.78 Å². The Labute approximate surface area is 113 Å². The van der Waals surface area contributed by atoms with Crippen molar-refractivity contribution in [3.63, 3.8) is 0 Å². The van der Waals surface area contributed by atoms with E-state index in [1.165, 1.54) is 17.8 Å². The SMILES string of the molecule is Cn1c(CCl)cnc1SCc1ccc(F)c(F)c1. The topological polar surface area (TPSA) is 17.8 Å². The van der Waals surface area contributed by atoms with E-state index in [9.17, 15) is 8.78 Å². The molecule has 1 aromatic heterocycles. The first-order valence-corrected chi connectivity index (χ1v) is 6.77. The van der Waals surface area contributed by atoms with Crippen LogP contribution in [0.1, 0.15) is 11.3 Å². The van der Waals surface area contributed by atoms with Crippen molar-refractivity contribution < 1.29 is 8.78 Å². The molecule has 0 aliphatic carbocycles. The van der Waals surface area contributed by atoms with Gasteiger partial charge in [0.25, 0.3) is 0 Å². The van der Waals surface area contributed by atoms with Crippen LogP contribution in [0.25, 0.3) is 0 Å². The summed E-state index contributed by atoms with van der Waals surface area (Å²) in [5.74, 6) is -0.724. The van der Waals surface area contributed by atoms with Crippen LogP contribution in [0.3, 0.4) is 0 Å². The van der Waals surface area contributed by atoms with Gasteiger partial charge in [0.05, 0.1) is 17.8 Å². The van der Waals surface area contributed by atoms with E-state index in [1.807, 2.05) is 11.6 Å². The second kappa shape index (κ2) is 5.71. The molecule has 2 rings (SSSR count). The van der Waals surface area contributed by atoms with Gasteiger partial charge in [0.1, 0.15) is 0 Å². The Kier molecular flexibility index (Phi) is 4.24. The van der Waals surface area contributed by atoms with Crippen molar-refractivity contribution in [2.75, 3.05) is 0 Å². The molecule has 0 N–H and O–H groups in total. The minimum Gasteiger partial charge on any atom is -0.325 e. The van der Waals surface area contributed by atoms with Crippen LogP contribution >= 0.6 is 23.4 Å².